The third-order valence-electron chi connectivity index (χ3n) is 3.97. The number of carbonyl (C=O) groups excluding carboxylic acids is 1. The molecule has 0 spiro atoms. The van der Waals surface area contributed by atoms with Crippen LogP contribution in [0.15, 0.2) is 36.4 Å². The Morgan fingerprint density at radius 2 is 1.78 bits per heavy atom. The Bertz CT molecular complexity index is 790. The molecular weight excluding hydrogens is 292 g/mol. The van der Waals surface area contributed by atoms with Crippen LogP contribution in [-0.2, 0) is 16.1 Å². The molecule has 0 amide bonds. The predicted molar refractivity (Wildman–Crippen MR) is 88.4 cm³/mol. The minimum absolute atomic E-state index is 0.236. The molecular formula is C19H18O4. The lowest BCUT2D eigenvalue weighted by Gasteiger charge is -2.21. The lowest BCUT2D eigenvalue weighted by Crippen LogP contribution is -2.16. The molecule has 2 aromatic carbocycles. The maximum Gasteiger partial charge on any atom is 0.339 e. The Morgan fingerprint density at radius 3 is 2.48 bits per heavy atom. The van der Waals surface area contributed by atoms with E-state index in [9.17, 15) is 4.79 Å². The summed E-state index contributed by atoms with van der Waals surface area (Å²) >= 11 is 0. The van der Waals surface area contributed by atoms with Gasteiger partial charge in [0.2, 0.25) is 0 Å². The molecule has 2 aromatic rings. The number of aryl methyl sites for hydroxylation is 1. The monoisotopic (exact) mass is 310 g/mol. The van der Waals surface area contributed by atoms with E-state index in [-0.39, 0.29) is 12.6 Å². The van der Waals surface area contributed by atoms with Gasteiger partial charge in [0.25, 0.3) is 0 Å². The highest BCUT2D eigenvalue weighted by Gasteiger charge is 2.25. The minimum atomic E-state index is -0.326. The van der Waals surface area contributed by atoms with E-state index in [1.807, 2.05) is 49.4 Å². The highest BCUT2D eigenvalue weighted by Crippen LogP contribution is 2.37. The molecule has 1 heterocycles. The van der Waals surface area contributed by atoms with Crippen molar-refractivity contribution in [1.82, 2.24) is 0 Å². The maximum absolute atomic E-state index is 12.3. The molecule has 23 heavy (non-hydrogen) atoms. The van der Waals surface area contributed by atoms with Gasteiger partial charge in [-0.2, -0.15) is 0 Å². The van der Waals surface area contributed by atoms with Gasteiger partial charge in [0.15, 0.2) is 11.5 Å². The van der Waals surface area contributed by atoms with E-state index in [1.165, 1.54) is 0 Å². The quantitative estimate of drug-likeness (QED) is 0.642. The molecule has 0 N–H and O–H groups in total. The number of fused-ring (bicyclic) bond motifs is 1. The fourth-order valence-corrected chi connectivity index (χ4v) is 2.66. The molecule has 118 valence electrons. The number of methoxy groups -OCH3 is 2. The lowest BCUT2D eigenvalue weighted by molar-refractivity contribution is -0.138. The van der Waals surface area contributed by atoms with Crippen molar-refractivity contribution in [3.63, 3.8) is 0 Å². The van der Waals surface area contributed by atoms with Gasteiger partial charge in [-0.1, -0.05) is 24.3 Å². The van der Waals surface area contributed by atoms with Crippen LogP contribution in [0.3, 0.4) is 0 Å². The molecule has 1 aliphatic rings. The van der Waals surface area contributed by atoms with Gasteiger partial charge in [0.05, 0.1) is 19.8 Å². The number of rotatable bonds is 3. The van der Waals surface area contributed by atoms with Crippen LogP contribution in [0.5, 0.6) is 11.5 Å². The Hall–Kier alpha value is -2.75. The molecule has 0 bridgehead atoms. The van der Waals surface area contributed by atoms with Crippen LogP contribution in [0.2, 0.25) is 0 Å². The summed E-state index contributed by atoms with van der Waals surface area (Å²) in [4.78, 5) is 12.3. The van der Waals surface area contributed by atoms with Crippen molar-refractivity contribution in [3.05, 3.63) is 58.7 Å². The third kappa shape index (κ3) is 2.80. The molecule has 1 aliphatic heterocycles. The van der Waals surface area contributed by atoms with Gasteiger partial charge in [0, 0.05) is 5.56 Å². The maximum atomic E-state index is 12.3. The van der Waals surface area contributed by atoms with Crippen LogP contribution in [0.1, 0.15) is 22.3 Å². The normalized spacial score (nSPS) is 15.1. The molecule has 3 rings (SSSR count). The minimum Gasteiger partial charge on any atom is -0.493 e. The van der Waals surface area contributed by atoms with E-state index in [4.69, 9.17) is 14.2 Å². The van der Waals surface area contributed by atoms with Gasteiger partial charge in [-0.15, -0.1) is 0 Å². The Morgan fingerprint density at radius 1 is 1.09 bits per heavy atom. The summed E-state index contributed by atoms with van der Waals surface area (Å²) in [6, 6.07) is 11.6. The summed E-state index contributed by atoms with van der Waals surface area (Å²) in [5.41, 5.74) is 4.34. The second-order valence-electron chi connectivity index (χ2n) is 5.36. The highest BCUT2D eigenvalue weighted by atomic mass is 16.5. The first-order valence-electron chi connectivity index (χ1n) is 7.33. The topological polar surface area (TPSA) is 44.8 Å². The Balaban J connectivity index is 2.17. The van der Waals surface area contributed by atoms with Gasteiger partial charge < -0.3 is 14.2 Å². The zero-order valence-corrected chi connectivity index (χ0v) is 13.4. The number of hydrogen-bond donors (Lipinski definition) is 0. The summed E-state index contributed by atoms with van der Waals surface area (Å²) in [6.45, 7) is 2.25. The van der Waals surface area contributed by atoms with Crippen LogP contribution in [0.25, 0.3) is 11.6 Å². The van der Waals surface area contributed by atoms with Crippen LogP contribution in [0.4, 0.5) is 0 Å². The van der Waals surface area contributed by atoms with Crippen LogP contribution in [0, 0.1) is 6.92 Å². The third-order valence-corrected chi connectivity index (χ3v) is 3.97. The molecule has 0 saturated carbocycles. The van der Waals surface area contributed by atoms with Gasteiger partial charge in [-0.25, -0.2) is 4.79 Å². The van der Waals surface area contributed by atoms with Gasteiger partial charge >= 0.3 is 5.97 Å². The molecule has 0 unspecified atom stereocenters. The first kappa shape index (κ1) is 15.2. The van der Waals surface area contributed by atoms with Gasteiger partial charge in [-0.05, 0) is 41.8 Å². The molecule has 4 heteroatoms. The van der Waals surface area contributed by atoms with Crippen LogP contribution in [-0.4, -0.2) is 20.2 Å². The van der Waals surface area contributed by atoms with Crippen molar-refractivity contribution < 1.29 is 19.0 Å². The summed E-state index contributed by atoms with van der Waals surface area (Å²) in [5, 5.41) is 0. The fourth-order valence-electron chi connectivity index (χ4n) is 2.66. The van der Waals surface area contributed by atoms with Crippen LogP contribution >= 0.6 is 0 Å². The largest absolute Gasteiger partial charge is 0.493 e. The molecule has 0 aliphatic carbocycles. The standard InChI is InChI=1S/C19H18O4/c1-12-6-4-5-7-13(12)8-16-15-10-18(22-3)17(21-2)9-14(15)11-23-19(16)20/h4-10H,11H2,1-3H3. The number of benzene rings is 2. The zero-order valence-electron chi connectivity index (χ0n) is 13.4. The van der Waals surface area contributed by atoms with E-state index in [0.29, 0.717) is 17.1 Å². The van der Waals surface area contributed by atoms with Crippen LogP contribution < -0.4 is 9.47 Å². The van der Waals surface area contributed by atoms with Crippen molar-refractivity contribution in [2.45, 2.75) is 13.5 Å². The summed E-state index contributed by atoms with van der Waals surface area (Å²) in [5.74, 6) is 0.893. The highest BCUT2D eigenvalue weighted by molar-refractivity contribution is 6.23. The predicted octanol–water partition coefficient (Wildman–Crippen LogP) is 3.61. The van der Waals surface area contributed by atoms with E-state index < -0.39 is 0 Å². The van der Waals surface area contributed by atoms with E-state index in [2.05, 4.69) is 0 Å². The van der Waals surface area contributed by atoms with Crippen molar-refractivity contribution in [1.29, 1.82) is 0 Å². The van der Waals surface area contributed by atoms with Crippen molar-refractivity contribution in [2.75, 3.05) is 14.2 Å². The molecule has 0 saturated heterocycles. The molecule has 0 radical (unpaired) electrons. The van der Waals surface area contributed by atoms with Crippen molar-refractivity contribution in [2.24, 2.45) is 0 Å². The SMILES string of the molecule is COc1cc2c(cc1OC)C(=Cc1ccccc1C)C(=O)OC2. The van der Waals surface area contributed by atoms with E-state index in [1.54, 1.807) is 14.2 Å². The first-order valence-corrected chi connectivity index (χ1v) is 7.33. The van der Waals surface area contributed by atoms with Gasteiger partial charge in [-0.3, -0.25) is 0 Å². The Kier molecular flexibility index (Phi) is 4.06. The van der Waals surface area contributed by atoms with Gasteiger partial charge in [0.1, 0.15) is 6.61 Å². The lowest BCUT2D eigenvalue weighted by atomic mass is 9.94. The number of carbonyl (C=O) groups is 1. The number of esters is 1. The smallest absolute Gasteiger partial charge is 0.339 e. The summed E-state index contributed by atoms with van der Waals surface area (Å²) < 4.78 is 16.0. The molecule has 0 fully saturated rings. The molecule has 4 nitrogen and oxygen atoms in total. The summed E-state index contributed by atoms with van der Waals surface area (Å²) in [7, 11) is 3.17. The van der Waals surface area contributed by atoms with E-state index >= 15 is 0 Å². The summed E-state index contributed by atoms with van der Waals surface area (Å²) in [6.07, 6.45) is 1.86. The zero-order chi connectivity index (χ0) is 16.4. The average molecular weight is 310 g/mol. The van der Waals surface area contributed by atoms with Crippen molar-refractivity contribution in [3.8, 4) is 11.5 Å². The molecule has 0 atom stereocenters. The second kappa shape index (κ2) is 6.16. The first-order chi connectivity index (χ1) is 11.1. The second-order valence-corrected chi connectivity index (χ2v) is 5.36. The fraction of sp³-hybridized carbons (Fsp3) is 0.211. The number of ether oxygens (including phenoxy) is 3. The average Bonchev–Trinajstić information content (AvgIpc) is 2.58. The van der Waals surface area contributed by atoms with E-state index in [0.717, 1.165) is 22.3 Å². The number of hydrogen-bond acceptors (Lipinski definition) is 4. The number of cyclic esters (lactones) is 1. The Labute approximate surface area is 135 Å². The molecule has 0 aromatic heterocycles. The van der Waals surface area contributed by atoms with Crippen molar-refractivity contribution >= 4 is 17.6 Å².